The number of ether oxygens (including phenoxy) is 1. The van der Waals surface area contributed by atoms with E-state index in [1.807, 2.05) is 18.3 Å². The molecule has 0 spiro atoms. The zero-order valence-electron chi connectivity index (χ0n) is 8.58. The summed E-state index contributed by atoms with van der Waals surface area (Å²) in [6.45, 7) is 4.21. The molecule has 2 nitrogen and oxygen atoms in total. The Kier molecular flexibility index (Phi) is 2.44. The van der Waals surface area contributed by atoms with E-state index < -0.39 is 0 Å². The van der Waals surface area contributed by atoms with Crippen LogP contribution in [0, 0.1) is 0 Å². The summed E-state index contributed by atoms with van der Waals surface area (Å²) in [5.74, 6) is 0.939. The molecule has 0 aliphatic carbocycles. The summed E-state index contributed by atoms with van der Waals surface area (Å²) in [5.41, 5.74) is 1.13. The summed E-state index contributed by atoms with van der Waals surface area (Å²) in [6.07, 6.45) is 3.25. The van der Waals surface area contributed by atoms with E-state index in [0.717, 1.165) is 17.7 Å². The zero-order chi connectivity index (χ0) is 9.97. The lowest BCUT2D eigenvalue weighted by Gasteiger charge is -2.12. The second-order valence-corrected chi connectivity index (χ2v) is 3.56. The molecule has 1 unspecified atom stereocenters. The molecular formula is C12H15NO. The maximum Gasteiger partial charge on any atom is 0.121 e. The number of rotatable bonds is 3. The summed E-state index contributed by atoms with van der Waals surface area (Å²) in [6, 6.07) is 8.19. The van der Waals surface area contributed by atoms with Gasteiger partial charge in [0.1, 0.15) is 5.75 Å². The van der Waals surface area contributed by atoms with Crippen LogP contribution in [0.4, 0.5) is 0 Å². The summed E-state index contributed by atoms with van der Waals surface area (Å²) in [7, 11) is 0. The van der Waals surface area contributed by atoms with Crippen molar-refractivity contribution < 1.29 is 4.74 Å². The molecule has 74 valence electrons. The lowest BCUT2D eigenvalue weighted by atomic mass is 10.2. The highest BCUT2D eigenvalue weighted by Gasteiger charge is 2.02. The Morgan fingerprint density at radius 3 is 3.00 bits per heavy atom. The van der Waals surface area contributed by atoms with Gasteiger partial charge in [-0.2, -0.15) is 0 Å². The van der Waals surface area contributed by atoms with Crippen LogP contribution in [0.25, 0.3) is 10.9 Å². The molecule has 2 rings (SSSR count). The topological polar surface area (TPSA) is 25.0 Å². The number of hydrogen-bond donors (Lipinski definition) is 1. The number of benzene rings is 1. The summed E-state index contributed by atoms with van der Waals surface area (Å²) >= 11 is 0. The highest BCUT2D eigenvalue weighted by molar-refractivity contribution is 5.80. The number of aromatic nitrogens is 1. The molecule has 1 aromatic heterocycles. The normalized spacial score (nSPS) is 13.0. The second-order valence-electron chi connectivity index (χ2n) is 3.56. The predicted octanol–water partition coefficient (Wildman–Crippen LogP) is 3.35. The van der Waals surface area contributed by atoms with Crippen molar-refractivity contribution in [1.82, 2.24) is 4.98 Å². The average Bonchev–Trinajstić information content (AvgIpc) is 2.64. The Bertz CT molecular complexity index is 419. The standard InChI is InChI=1S/C12H15NO/c1-3-9(2)14-11-5-4-10-6-7-13-12(10)8-11/h4-9,13H,3H2,1-2H3. The maximum absolute atomic E-state index is 5.72. The number of aromatic amines is 1. The average molecular weight is 189 g/mol. The van der Waals surface area contributed by atoms with Crippen molar-refractivity contribution in [1.29, 1.82) is 0 Å². The molecule has 1 aromatic carbocycles. The van der Waals surface area contributed by atoms with Gasteiger partial charge in [-0.1, -0.05) is 6.92 Å². The Labute approximate surface area is 83.9 Å². The molecule has 0 radical (unpaired) electrons. The third kappa shape index (κ3) is 1.74. The number of nitrogens with one attached hydrogen (secondary N) is 1. The molecule has 0 saturated carbocycles. The Morgan fingerprint density at radius 2 is 2.21 bits per heavy atom. The number of hydrogen-bond acceptors (Lipinski definition) is 1. The zero-order valence-corrected chi connectivity index (χ0v) is 8.58. The van der Waals surface area contributed by atoms with Gasteiger partial charge in [0.05, 0.1) is 6.10 Å². The minimum atomic E-state index is 0.280. The van der Waals surface area contributed by atoms with Gasteiger partial charge in [-0.15, -0.1) is 0 Å². The Balaban J connectivity index is 2.25. The van der Waals surface area contributed by atoms with Crippen LogP contribution in [0.3, 0.4) is 0 Å². The lowest BCUT2D eigenvalue weighted by Crippen LogP contribution is -2.09. The molecule has 0 aliphatic rings. The first kappa shape index (κ1) is 9.13. The van der Waals surface area contributed by atoms with E-state index in [0.29, 0.717) is 0 Å². The van der Waals surface area contributed by atoms with E-state index >= 15 is 0 Å². The first-order chi connectivity index (χ1) is 6.79. The fourth-order valence-corrected chi connectivity index (χ4v) is 1.42. The van der Waals surface area contributed by atoms with Crippen LogP contribution in [0.1, 0.15) is 20.3 Å². The van der Waals surface area contributed by atoms with Gasteiger partial charge in [0, 0.05) is 17.8 Å². The Morgan fingerprint density at radius 1 is 1.36 bits per heavy atom. The smallest absolute Gasteiger partial charge is 0.121 e. The van der Waals surface area contributed by atoms with Crippen LogP contribution >= 0.6 is 0 Å². The lowest BCUT2D eigenvalue weighted by molar-refractivity contribution is 0.217. The monoisotopic (exact) mass is 189 g/mol. The number of fused-ring (bicyclic) bond motifs is 1. The first-order valence-electron chi connectivity index (χ1n) is 5.03. The van der Waals surface area contributed by atoms with E-state index in [2.05, 4.69) is 31.0 Å². The van der Waals surface area contributed by atoms with Gasteiger partial charge in [0.25, 0.3) is 0 Å². The molecule has 2 heteroatoms. The van der Waals surface area contributed by atoms with Crippen molar-refractivity contribution in [3.8, 4) is 5.75 Å². The molecule has 0 saturated heterocycles. The van der Waals surface area contributed by atoms with E-state index in [9.17, 15) is 0 Å². The van der Waals surface area contributed by atoms with Crippen molar-refractivity contribution in [2.45, 2.75) is 26.4 Å². The molecule has 1 heterocycles. The van der Waals surface area contributed by atoms with E-state index in [-0.39, 0.29) is 6.10 Å². The molecule has 0 bridgehead atoms. The quantitative estimate of drug-likeness (QED) is 0.787. The molecule has 0 fully saturated rings. The van der Waals surface area contributed by atoms with Gasteiger partial charge in [-0.05, 0) is 36.9 Å². The minimum Gasteiger partial charge on any atom is -0.491 e. The third-order valence-electron chi connectivity index (χ3n) is 2.44. The van der Waals surface area contributed by atoms with Gasteiger partial charge in [0.2, 0.25) is 0 Å². The highest BCUT2D eigenvalue weighted by Crippen LogP contribution is 2.20. The molecule has 0 aliphatic heterocycles. The summed E-state index contributed by atoms with van der Waals surface area (Å²) in [5, 5.41) is 1.22. The maximum atomic E-state index is 5.72. The largest absolute Gasteiger partial charge is 0.491 e. The van der Waals surface area contributed by atoms with Gasteiger partial charge in [-0.25, -0.2) is 0 Å². The van der Waals surface area contributed by atoms with Crippen molar-refractivity contribution >= 4 is 10.9 Å². The van der Waals surface area contributed by atoms with Crippen LogP contribution < -0.4 is 4.74 Å². The van der Waals surface area contributed by atoms with Crippen molar-refractivity contribution in [2.24, 2.45) is 0 Å². The summed E-state index contributed by atoms with van der Waals surface area (Å²) in [4.78, 5) is 3.17. The Hall–Kier alpha value is -1.44. The van der Waals surface area contributed by atoms with E-state index in [1.54, 1.807) is 0 Å². The SMILES string of the molecule is CCC(C)Oc1ccc2cc[nH]c2c1. The first-order valence-corrected chi connectivity index (χ1v) is 5.03. The molecule has 2 aromatic rings. The second kappa shape index (κ2) is 3.74. The third-order valence-corrected chi connectivity index (χ3v) is 2.44. The van der Waals surface area contributed by atoms with Crippen molar-refractivity contribution in [3.05, 3.63) is 30.5 Å². The van der Waals surface area contributed by atoms with Crippen molar-refractivity contribution in [2.75, 3.05) is 0 Å². The van der Waals surface area contributed by atoms with Gasteiger partial charge in [0.15, 0.2) is 0 Å². The summed E-state index contributed by atoms with van der Waals surface area (Å²) < 4.78 is 5.72. The van der Waals surface area contributed by atoms with Gasteiger partial charge >= 0.3 is 0 Å². The van der Waals surface area contributed by atoms with Gasteiger partial charge in [-0.3, -0.25) is 0 Å². The molecule has 0 amide bonds. The van der Waals surface area contributed by atoms with Gasteiger partial charge < -0.3 is 9.72 Å². The van der Waals surface area contributed by atoms with Crippen LogP contribution in [0.5, 0.6) is 5.75 Å². The highest BCUT2D eigenvalue weighted by atomic mass is 16.5. The van der Waals surface area contributed by atoms with E-state index in [1.165, 1.54) is 5.39 Å². The fourth-order valence-electron chi connectivity index (χ4n) is 1.42. The molecular weight excluding hydrogens is 174 g/mol. The number of H-pyrrole nitrogens is 1. The molecule has 14 heavy (non-hydrogen) atoms. The fraction of sp³-hybridized carbons (Fsp3) is 0.333. The molecule has 1 N–H and O–H groups in total. The molecule has 1 atom stereocenters. The van der Waals surface area contributed by atoms with Crippen molar-refractivity contribution in [3.63, 3.8) is 0 Å². The predicted molar refractivity (Wildman–Crippen MR) is 58.7 cm³/mol. The van der Waals surface area contributed by atoms with Crippen LogP contribution in [0.15, 0.2) is 30.5 Å². The minimum absolute atomic E-state index is 0.280. The van der Waals surface area contributed by atoms with Crippen LogP contribution in [-0.2, 0) is 0 Å². The van der Waals surface area contributed by atoms with E-state index in [4.69, 9.17) is 4.74 Å². The van der Waals surface area contributed by atoms with Crippen LogP contribution in [-0.4, -0.2) is 11.1 Å². The van der Waals surface area contributed by atoms with Crippen LogP contribution in [0.2, 0.25) is 0 Å².